The minimum atomic E-state index is -0.736. The van der Waals surface area contributed by atoms with Gasteiger partial charge in [-0.3, -0.25) is 4.79 Å². The SMILES string of the molecule is COC(=O)[C@H](CC1CC1)NC(=O)Cc1cc(F)cc(F)c1. The summed E-state index contributed by atoms with van der Waals surface area (Å²) in [6.45, 7) is 0. The third-order valence-electron chi connectivity index (χ3n) is 3.37. The largest absolute Gasteiger partial charge is 0.467 e. The predicted octanol–water partition coefficient (Wildman–Crippen LogP) is 1.97. The molecule has 6 heteroatoms. The molecule has 1 N–H and O–H groups in total. The first kappa shape index (κ1) is 15.4. The second kappa shape index (κ2) is 6.65. The third-order valence-corrected chi connectivity index (χ3v) is 3.37. The van der Waals surface area contributed by atoms with Crippen molar-refractivity contribution in [3.63, 3.8) is 0 Å². The summed E-state index contributed by atoms with van der Waals surface area (Å²) < 4.78 is 30.8. The summed E-state index contributed by atoms with van der Waals surface area (Å²) in [5.41, 5.74) is 0.222. The molecule has 0 aliphatic heterocycles. The van der Waals surface area contributed by atoms with Crippen molar-refractivity contribution in [1.29, 1.82) is 0 Å². The quantitative estimate of drug-likeness (QED) is 0.817. The highest BCUT2D eigenvalue weighted by Gasteiger charge is 2.30. The number of methoxy groups -OCH3 is 1. The van der Waals surface area contributed by atoms with Crippen molar-refractivity contribution >= 4 is 11.9 Å². The van der Waals surface area contributed by atoms with E-state index in [1.54, 1.807) is 0 Å². The summed E-state index contributed by atoms with van der Waals surface area (Å²) in [5, 5.41) is 2.57. The molecule has 1 saturated carbocycles. The maximum atomic E-state index is 13.1. The summed E-state index contributed by atoms with van der Waals surface area (Å²) in [5.74, 6) is -2.00. The Hall–Kier alpha value is -1.98. The first-order valence-electron chi connectivity index (χ1n) is 6.80. The maximum Gasteiger partial charge on any atom is 0.328 e. The van der Waals surface area contributed by atoms with Crippen LogP contribution in [0.3, 0.4) is 0 Å². The summed E-state index contributed by atoms with van der Waals surface area (Å²) in [7, 11) is 1.26. The lowest BCUT2D eigenvalue weighted by Crippen LogP contribution is -2.42. The van der Waals surface area contributed by atoms with Crippen LogP contribution in [0.15, 0.2) is 18.2 Å². The first-order valence-corrected chi connectivity index (χ1v) is 6.80. The van der Waals surface area contributed by atoms with Gasteiger partial charge in [0.15, 0.2) is 0 Å². The summed E-state index contributed by atoms with van der Waals surface area (Å²) in [6, 6.07) is 2.23. The van der Waals surface area contributed by atoms with Crippen molar-refractivity contribution in [2.24, 2.45) is 5.92 Å². The molecule has 1 aliphatic carbocycles. The zero-order valence-electron chi connectivity index (χ0n) is 11.7. The fraction of sp³-hybridized carbons (Fsp3) is 0.467. The Kier molecular flexibility index (Phi) is 4.88. The van der Waals surface area contributed by atoms with Crippen LogP contribution in [0.2, 0.25) is 0 Å². The Morgan fingerprint density at radius 2 is 1.90 bits per heavy atom. The molecular weight excluding hydrogens is 280 g/mol. The van der Waals surface area contributed by atoms with Gasteiger partial charge in [0.25, 0.3) is 0 Å². The number of ether oxygens (including phenoxy) is 1. The van der Waals surface area contributed by atoms with Gasteiger partial charge >= 0.3 is 5.97 Å². The maximum absolute atomic E-state index is 13.1. The van der Waals surface area contributed by atoms with Crippen LogP contribution >= 0.6 is 0 Å². The van der Waals surface area contributed by atoms with E-state index >= 15 is 0 Å². The molecule has 114 valence electrons. The smallest absolute Gasteiger partial charge is 0.328 e. The number of nitrogens with one attached hydrogen (secondary N) is 1. The lowest BCUT2D eigenvalue weighted by atomic mass is 10.1. The van der Waals surface area contributed by atoms with Crippen molar-refractivity contribution in [2.75, 3.05) is 7.11 Å². The van der Waals surface area contributed by atoms with Crippen molar-refractivity contribution in [1.82, 2.24) is 5.32 Å². The predicted molar refractivity (Wildman–Crippen MR) is 71.3 cm³/mol. The van der Waals surface area contributed by atoms with E-state index < -0.39 is 29.6 Å². The molecule has 1 fully saturated rings. The zero-order chi connectivity index (χ0) is 15.4. The van der Waals surface area contributed by atoms with Crippen LogP contribution in [0.1, 0.15) is 24.8 Å². The number of rotatable bonds is 6. The van der Waals surface area contributed by atoms with E-state index in [9.17, 15) is 18.4 Å². The molecule has 21 heavy (non-hydrogen) atoms. The van der Waals surface area contributed by atoms with Crippen LogP contribution in [-0.4, -0.2) is 25.0 Å². The van der Waals surface area contributed by atoms with Gasteiger partial charge in [-0.2, -0.15) is 0 Å². The molecule has 1 aliphatic rings. The molecule has 1 aromatic carbocycles. The molecule has 1 amide bonds. The molecular formula is C15H17F2NO3. The zero-order valence-corrected chi connectivity index (χ0v) is 11.7. The molecule has 0 spiro atoms. The van der Waals surface area contributed by atoms with Gasteiger partial charge in [-0.15, -0.1) is 0 Å². The van der Waals surface area contributed by atoms with Gasteiger partial charge in [0.1, 0.15) is 17.7 Å². The molecule has 1 aromatic rings. The number of carbonyl (C=O) groups is 2. The fourth-order valence-corrected chi connectivity index (χ4v) is 2.19. The highest BCUT2D eigenvalue weighted by atomic mass is 19.1. The van der Waals surface area contributed by atoms with E-state index in [-0.39, 0.29) is 12.0 Å². The van der Waals surface area contributed by atoms with E-state index in [0.29, 0.717) is 12.3 Å². The molecule has 0 heterocycles. The second-order valence-electron chi connectivity index (χ2n) is 5.28. The lowest BCUT2D eigenvalue weighted by Gasteiger charge is -2.16. The second-order valence-corrected chi connectivity index (χ2v) is 5.28. The number of hydrogen-bond acceptors (Lipinski definition) is 3. The third kappa shape index (κ3) is 4.81. The van der Waals surface area contributed by atoms with Gasteiger partial charge in [-0.05, 0) is 30.0 Å². The van der Waals surface area contributed by atoms with Crippen molar-refractivity contribution < 1.29 is 23.1 Å². The van der Waals surface area contributed by atoms with E-state index in [0.717, 1.165) is 31.0 Å². The normalized spacial score (nSPS) is 15.4. The Morgan fingerprint density at radius 1 is 1.29 bits per heavy atom. The highest BCUT2D eigenvalue weighted by molar-refractivity contribution is 5.85. The molecule has 0 bridgehead atoms. The van der Waals surface area contributed by atoms with Gasteiger partial charge in [-0.25, -0.2) is 13.6 Å². The topological polar surface area (TPSA) is 55.4 Å². The first-order chi connectivity index (χ1) is 9.97. The van der Waals surface area contributed by atoms with E-state index in [2.05, 4.69) is 10.1 Å². The number of carbonyl (C=O) groups excluding carboxylic acids is 2. The fourth-order valence-electron chi connectivity index (χ4n) is 2.19. The Morgan fingerprint density at radius 3 is 2.43 bits per heavy atom. The number of esters is 1. The monoisotopic (exact) mass is 297 g/mol. The summed E-state index contributed by atoms with van der Waals surface area (Å²) in [6.07, 6.45) is 2.43. The number of hydrogen-bond donors (Lipinski definition) is 1. The van der Waals surface area contributed by atoms with Crippen molar-refractivity contribution in [3.8, 4) is 0 Å². The minimum Gasteiger partial charge on any atom is -0.467 e. The average molecular weight is 297 g/mol. The van der Waals surface area contributed by atoms with Gasteiger partial charge in [-0.1, -0.05) is 12.8 Å². The van der Waals surface area contributed by atoms with Gasteiger partial charge in [0.05, 0.1) is 13.5 Å². The standard InChI is InChI=1S/C15H17F2NO3/c1-21-15(20)13(6-9-2-3-9)18-14(19)7-10-4-11(16)8-12(17)5-10/h4-5,8-9,13H,2-3,6-7H2,1H3,(H,18,19)/t13-/m0/s1. The van der Waals surface area contributed by atoms with Crippen LogP contribution in [0.4, 0.5) is 8.78 Å². The number of benzene rings is 1. The Labute approximate surface area is 121 Å². The van der Waals surface area contributed by atoms with E-state index in [1.165, 1.54) is 7.11 Å². The van der Waals surface area contributed by atoms with Crippen LogP contribution < -0.4 is 5.32 Å². The van der Waals surface area contributed by atoms with E-state index in [1.807, 2.05) is 0 Å². The number of halogens is 2. The highest BCUT2D eigenvalue weighted by Crippen LogP contribution is 2.33. The summed E-state index contributed by atoms with van der Waals surface area (Å²) in [4.78, 5) is 23.5. The number of amides is 1. The molecule has 0 unspecified atom stereocenters. The van der Waals surface area contributed by atoms with Crippen molar-refractivity contribution in [3.05, 3.63) is 35.4 Å². The molecule has 1 atom stereocenters. The lowest BCUT2D eigenvalue weighted by molar-refractivity contribution is -0.145. The van der Waals surface area contributed by atoms with Gasteiger partial charge in [0.2, 0.25) is 5.91 Å². The molecule has 0 aromatic heterocycles. The average Bonchev–Trinajstić information content (AvgIpc) is 3.19. The summed E-state index contributed by atoms with van der Waals surface area (Å²) >= 11 is 0. The van der Waals surface area contributed by atoms with Crippen LogP contribution in [0.5, 0.6) is 0 Å². The van der Waals surface area contributed by atoms with Crippen LogP contribution in [-0.2, 0) is 20.7 Å². The minimum absolute atomic E-state index is 0.188. The van der Waals surface area contributed by atoms with Crippen molar-refractivity contribution in [2.45, 2.75) is 31.7 Å². The van der Waals surface area contributed by atoms with Crippen LogP contribution in [0, 0.1) is 17.6 Å². The molecule has 2 rings (SSSR count). The molecule has 0 radical (unpaired) electrons. The van der Waals surface area contributed by atoms with Gasteiger partial charge in [0, 0.05) is 6.07 Å². The van der Waals surface area contributed by atoms with E-state index in [4.69, 9.17) is 0 Å². The molecule has 0 saturated heterocycles. The Bertz CT molecular complexity index is 523. The van der Waals surface area contributed by atoms with Crippen LogP contribution in [0.25, 0.3) is 0 Å². The molecule has 4 nitrogen and oxygen atoms in total. The Balaban J connectivity index is 1.96. The van der Waals surface area contributed by atoms with Gasteiger partial charge < -0.3 is 10.1 Å².